The number of amidine groups is 1. The smallest absolute Gasteiger partial charge is 0.248 e. The van der Waals surface area contributed by atoms with Crippen LogP contribution < -0.4 is 17.2 Å². The molecule has 0 aliphatic rings. The van der Waals surface area contributed by atoms with Gasteiger partial charge in [0.15, 0.2) is 11.1 Å². The molecule has 1 amide bonds. The Morgan fingerprint density at radius 1 is 1.39 bits per heavy atom. The molecule has 1 aromatic carbocycles. The average Bonchev–Trinajstić information content (AvgIpc) is 2.26. The number of nitrogens with zero attached hydrogens (tertiary/aromatic N) is 1. The lowest BCUT2D eigenvalue weighted by molar-refractivity contribution is 0.1000. The van der Waals surface area contributed by atoms with Crippen LogP contribution in [-0.2, 0) is 5.75 Å². The van der Waals surface area contributed by atoms with Gasteiger partial charge in [-0.25, -0.2) is 4.39 Å². The van der Waals surface area contributed by atoms with Crippen molar-refractivity contribution >= 4 is 28.8 Å². The van der Waals surface area contributed by atoms with Gasteiger partial charge in [-0.05, 0) is 17.7 Å². The highest BCUT2D eigenvalue weighted by atomic mass is 32.2. The summed E-state index contributed by atoms with van der Waals surface area (Å²) in [6, 6.07) is 3.92. The predicted octanol–water partition coefficient (Wildman–Crippen LogP) is 0.366. The molecule has 0 fully saturated rings. The number of nitrogens with two attached hydrogens (primary N) is 3. The molecule has 7 N–H and O–H groups in total. The summed E-state index contributed by atoms with van der Waals surface area (Å²) < 4.78 is 13.5. The Kier molecular flexibility index (Phi) is 4.67. The van der Waals surface area contributed by atoms with Gasteiger partial charge < -0.3 is 17.2 Å². The second-order valence-corrected chi connectivity index (χ2v) is 4.26. The highest BCUT2D eigenvalue weighted by Crippen LogP contribution is 2.18. The Bertz CT molecular complexity index is 513. The number of carbonyl (C=O) groups excluding carboxylic acids is 1. The predicted molar refractivity (Wildman–Crippen MR) is 69.7 cm³/mol. The number of hydrogen-bond donors (Lipinski definition) is 4. The minimum atomic E-state index is -0.693. The SMILES string of the molecule is N=C(N=C(N)N)SCc1ccc(C(N)=O)cc1F. The molecule has 1 aromatic rings. The van der Waals surface area contributed by atoms with Crippen molar-refractivity contribution in [1.29, 1.82) is 5.41 Å². The summed E-state index contributed by atoms with van der Waals surface area (Å²) >= 11 is 0.966. The molecule has 0 aliphatic heterocycles. The molecule has 96 valence electrons. The van der Waals surface area contributed by atoms with Crippen molar-refractivity contribution < 1.29 is 9.18 Å². The van der Waals surface area contributed by atoms with Crippen LogP contribution >= 0.6 is 11.8 Å². The first kappa shape index (κ1) is 14.0. The van der Waals surface area contributed by atoms with Crippen LogP contribution in [0.1, 0.15) is 15.9 Å². The minimum Gasteiger partial charge on any atom is -0.370 e. The van der Waals surface area contributed by atoms with Gasteiger partial charge in [-0.2, -0.15) is 4.99 Å². The van der Waals surface area contributed by atoms with Crippen LogP contribution in [0.15, 0.2) is 23.2 Å². The molecule has 0 bridgehead atoms. The Labute approximate surface area is 107 Å². The third kappa shape index (κ3) is 4.06. The van der Waals surface area contributed by atoms with E-state index in [-0.39, 0.29) is 22.4 Å². The zero-order chi connectivity index (χ0) is 13.7. The second kappa shape index (κ2) is 6.01. The first-order valence-electron chi connectivity index (χ1n) is 4.79. The summed E-state index contributed by atoms with van der Waals surface area (Å²) in [4.78, 5) is 14.3. The van der Waals surface area contributed by atoms with Crippen LogP contribution in [0.2, 0.25) is 0 Å². The Morgan fingerprint density at radius 2 is 2.06 bits per heavy atom. The maximum Gasteiger partial charge on any atom is 0.248 e. The number of guanidine groups is 1. The van der Waals surface area contributed by atoms with Crippen molar-refractivity contribution in [2.45, 2.75) is 5.75 Å². The lowest BCUT2D eigenvalue weighted by atomic mass is 10.1. The fraction of sp³-hybridized carbons (Fsp3) is 0.100. The van der Waals surface area contributed by atoms with Gasteiger partial charge in [0.05, 0.1) is 0 Å². The van der Waals surface area contributed by atoms with E-state index in [9.17, 15) is 9.18 Å². The largest absolute Gasteiger partial charge is 0.370 e. The zero-order valence-electron chi connectivity index (χ0n) is 9.31. The van der Waals surface area contributed by atoms with Crippen molar-refractivity contribution in [2.75, 3.05) is 0 Å². The van der Waals surface area contributed by atoms with Crippen molar-refractivity contribution in [3.05, 3.63) is 35.1 Å². The van der Waals surface area contributed by atoms with E-state index in [0.717, 1.165) is 17.8 Å². The van der Waals surface area contributed by atoms with Crippen molar-refractivity contribution in [2.24, 2.45) is 22.2 Å². The minimum absolute atomic E-state index is 0.0977. The summed E-state index contributed by atoms with van der Waals surface area (Å²) in [7, 11) is 0. The molecule has 0 saturated heterocycles. The number of halogens is 1. The highest BCUT2D eigenvalue weighted by molar-refractivity contribution is 8.13. The number of benzene rings is 1. The number of carbonyl (C=O) groups is 1. The summed E-state index contributed by atoms with van der Waals surface area (Å²) in [5.41, 5.74) is 15.6. The van der Waals surface area contributed by atoms with E-state index >= 15 is 0 Å². The van der Waals surface area contributed by atoms with Crippen LogP contribution in [0.25, 0.3) is 0 Å². The number of thioether (sulfide) groups is 1. The first-order chi connectivity index (χ1) is 8.40. The number of aliphatic imine (C=N–C) groups is 1. The van der Waals surface area contributed by atoms with Crippen LogP contribution in [0, 0.1) is 11.2 Å². The van der Waals surface area contributed by atoms with Gasteiger partial charge in [0.1, 0.15) is 5.82 Å². The third-order valence-electron chi connectivity index (χ3n) is 1.93. The summed E-state index contributed by atoms with van der Waals surface area (Å²) in [6.45, 7) is 0. The van der Waals surface area contributed by atoms with Crippen LogP contribution in [-0.4, -0.2) is 17.0 Å². The van der Waals surface area contributed by atoms with Gasteiger partial charge in [0, 0.05) is 11.3 Å². The van der Waals surface area contributed by atoms with E-state index in [0.29, 0.717) is 5.56 Å². The fourth-order valence-corrected chi connectivity index (χ4v) is 1.81. The molecular formula is C10H12FN5OS. The number of primary amides is 1. The lowest BCUT2D eigenvalue weighted by Gasteiger charge is -2.03. The Balaban J connectivity index is 2.72. The van der Waals surface area contributed by atoms with Gasteiger partial charge in [0.2, 0.25) is 5.91 Å². The van der Waals surface area contributed by atoms with Gasteiger partial charge in [-0.15, -0.1) is 0 Å². The van der Waals surface area contributed by atoms with E-state index < -0.39 is 11.7 Å². The summed E-state index contributed by atoms with van der Waals surface area (Å²) in [5, 5.41) is 7.25. The van der Waals surface area contributed by atoms with E-state index in [1.807, 2.05) is 0 Å². The van der Waals surface area contributed by atoms with Gasteiger partial charge in [0.25, 0.3) is 0 Å². The average molecular weight is 269 g/mol. The Hall–Kier alpha value is -2.09. The first-order valence-corrected chi connectivity index (χ1v) is 5.78. The maximum absolute atomic E-state index is 13.5. The Morgan fingerprint density at radius 3 is 2.56 bits per heavy atom. The van der Waals surface area contributed by atoms with Crippen molar-refractivity contribution in [3.8, 4) is 0 Å². The van der Waals surface area contributed by atoms with Gasteiger partial charge in [-0.3, -0.25) is 10.2 Å². The molecule has 18 heavy (non-hydrogen) atoms. The van der Waals surface area contributed by atoms with Gasteiger partial charge in [-0.1, -0.05) is 17.8 Å². The molecule has 0 aromatic heterocycles. The van der Waals surface area contributed by atoms with E-state index in [4.69, 9.17) is 22.6 Å². The molecular weight excluding hydrogens is 257 g/mol. The maximum atomic E-state index is 13.5. The number of nitrogens with one attached hydrogen (secondary N) is 1. The topological polar surface area (TPSA) is 131 Å². The molecule has 0 atom stereocenters. The van der Waals surface area contributed by atoms with E-state index in [1.165, 1.54) is 12.1 Å². The van der Waals surface area contributed by atoms with Crippen LogP contribution in [0.4, 0.5) is 4.39 Å². The molecule has 0 saturated carbocycles. The molecule has 0 heterocycles. The number of amides is 1. The van der Waals surface area contributed by atoms with Crippen molar-refractivity contribution in [3.63, 3.8) is 0 Å². The molecule has 6 nitrogen and oxygen atoms in total. The summed E-state index contributed by atoms with van der Waals surface area (Å²) in [5.74, 6) is -1.30. The van der Waals surface area contributed by atoms with Crippen molar-refractivity contribution in [1.82, 2.24) is 0 Å². The number of rotatable bonds is 3. The highest BCUT2D eigenvalue weighted by Gasteiger charge is 2.08. The molecule has 0 aliphatic carbocycles. The molecule has 0 unspecified atom stereocenters. The molecule has 0 spiro atoms. The summed E-state index contributed by atoms with van der Waals surface area (Å²) in [6.07, 6.45) is 0. The molecule has 1 rings (SSSR count). The van der Waals surface area contributed by atoms with E-state index in [2.05, 4.69) is 4.99 Å². The fourth-order valence-electron chi connectivity index (χ4n) is 1.11. The van der Waals surface area contributed by atoms with Crippen LogP contribution in [0.5, 0.6) is 0 Å². The normalized spacial score (nSPS) is 9.83. The second-order valence-electron chi connectivity index (χ2n) is 3.30. The lowest BCUT2D eigenvalue weighted by Crippen LogP contribution is -2.23. The zero-order valence-corrected chi connectivity index (χ0v) is 10.1. The molecule has 8 heteroatoms. The number of hydrogen-bond acceptors (Lipinski definition) is 3. The third-order valence-corrected chi connectivity index (χ3v) is 2.75. The van der Waals surface area contributed by atoms with Crippen LogP contribution in [0.3, 0.4) is 0 Å². The molecule has 0 radical (unpaired) electrons. The quantitative estimate of drug-likeness (QED) is 0.466. The monoisotopic (exact) mass is 269 g/mol. The van der Waals surface area contributed by atoms with E-state index in [1.54, 1.807) is 0 Å². The standard InChI is InChI=1S/C10H12FN5OS/c11-7-3-5(8(12)17)1-2-6(7)4-18-10(15)16-9(13)14/h1-3H,4H2,(H2,12,17)(H5,13,14,15,16). The van der Waals surface area contributed by atoms with Gasteiger partial charge >= 0.3 is 0 Å².